The largest absolute Gasteiger partial charge is 0.473 e. The van der Waals surface area contributed by atoms with Crippen molar-refractivity contribution < 1.29 is 4.74 Å². The van der Waals surface area contributed by atoms with Crippen molar-refractivity contribution >= 4 is 11.6 Å². The van der Waals surface area contributed by atoms with Gasteiger partial charge in [-0.25, -0.2) is 0 Å². The molecule has 2 rings (SSSR count). The first-order valence-corrected chi connectivity index (χ1v) is 8.42. The van der Waals surface area contributed by atoms with Crippen molar-refractivity contribution in [1.82, 2.24) is 20.2 Å². The van der Waals surface area contributed by atoms with Gasteiger partial charge in [0.2, 0.25) is 5.88 Å². The lowest BCUT2D eigenvalue weighted by Gasteiger charge is -2.16. The Labute approximate surface area is 138 Å². The van der Waals surface area contributed by atoms with E-state index in [1.807, 2.05) is 6.07 Å². The van der Waals surface area contributed by atoms with E-state index >= 15 is 0 Å². The summed E-state index contributed by atoms with van der Waals surface area (Å²) < 4.78 is 5.89. The molecular formula is C17H27N5O. The van der Waals surface area contributed by atoms with E-state index in [1.165, 1.54) is 0 Å². The maximum absolute atomic E-state index is 5.89. The van der Waals surface area contributed by atoms with Crippen LogP contribution < -0.4 is 10.1 Å². The Bertz CT molecular complexity index is 619. The number of nitrogens with one attached hydrogen (secondary N) is 2. The predicted octanol–water partition coefficient (Wildman–Crippen LogP) is 4.20. The Morgan fingerprint density at radius 1 is 1.22 bits per heavy atom. The number of ether oxygens (including phenoxy) is 1. The molecule has 2 heterocycles. The van der Waals surface area contributed by atoms with Crippen LogP contribution in [0, 0.1) is 0 Å². The summed E-state index contributed by atoms with van der Waals surface area (Å²) in [5.74, 6) is 2.41. The van der Waals surface area contributed by atoms with Crippen LogP contribution in [0.1, 0.15) is 64.8 Å². The third-order valence-corrected chi connectivity index (χ3v) is 3.83. The van der Waals surface area contributed by atoms with Gasteiger partial charge in [-0.3, -0.25) is 10.1 Å². The van der Waals surface area contributed by atoms with Gasteiger partial charge in [0.1, 0.15) is 0 Å². The second kappa shape index (κ2) is 7.94. The molecule has 0 saturated carbocycles. The molecule has 6 nitrogen and oxygen atoms in total. The third kappa shape index (κ3) is 4.43. The number of aromatic amines is 1. The maximum atomic E-state index is 5.89. The normalized spacial score (nSPS) is 11.3. The minimum Gasteiger partial charge on any atom is -0.473 e. The Kier molecular flexibility index (Phi) is 5.96. The van der Waals surface area contributed by atoms with Crippen molar-refractivity contribution in [2.24, 2.45) is 0 Å². The molecule has 0 radical (unpaired) electrons. The molecule has 2 aromatic heterocycles. The molecule has 6 heteroatoms. The maximum Gasteiger partial charge on any atom is 0.234 e. The van der Waals surface area contributed by atoms with Crippen LogP contribution >= 0.6 is 0 Å². The smallest absolute Gasteiger partial charge is 0.234 e. The first-order chi connectivity index (χ1) is 11.1. The summed E-state index contributed by atoms with van der Waals surface area (Å²) in [5.41, 5.74) is 1.99. The van der Waals surface area contributed by atoms with Gasteiger partial charge >= 0.3 is 0 Å². The SMILES string of the molecule is CCc1ncc(OC(CC)CC)nc1Nc1cc(C(C)C)[nH]n1. The summed E-state index contributed by atoms with van der Waals surface area (Å²) in [6, 6.07) is 2.00. The molecule has 0 atom stereocenters. The number of rotatable bonds is 8. The van der Waals surface area contributed by atoms with Crippen molar-refractivity contribution in [3.63, 3.8) is 0 Å². The zero-order valence-electron chi connectivity index (χ0n) is 14.7. The van der Waals surface area contributed by atoms with E-state index in [2.05, 4.69) is 60.1 Å². The van der Waals surface area contributed by atoms with Gasteiger partial charge in [-0.05, 0) is 25.2 Å². The first-order valence-electron chi connectivity index (χ1n) is 8.42. The number of aromatic nitrogens is 4. The van der Waals surface area contributed by atoms with E-state index in [4.69, 9.17) is 4.74 Å². The fraction of sp³-hybridized carbons (Fsp3) is 0.588. The molecule has 0 amide bonds. The Balaban J connectivity index is 2.20. The zero-order chi connectivity index (χ0) is 16.8. The summed E-state index contributed by atoms with van der Waals surface area (Å²) in [5, 5.41) is 10.6. The summed E-state index contributed by atoms with van der Waals surface area (Å²) in [7, 11) is 0. The van der Waals surface area contributed by atoms with Gasteiger partial charge in [0.05, 0.1) is 18.0 Å². The second-order valence-corrected chi connectivity index (χ2v) is 5.90. The third-order valence-electron chi connectivity index (χ3n) is 3.83. The summed E-state index contributed by atoms with van der Waals surface area (Å²) in [6.45, 7) is 10.5. The number of anilines is 2. The zero-order valence-corrected chi connectivity index (χ0v) is 14.7. The van der Waals surface area contributed by atoms with Crippen molar-refractivity contribution in [1.29, 1.82) is 0 Å². The summed E-state index contributed by atoms with van der Waals surface area (Å²) in [4.78, 5) is 9.05. The van der Waals surface area contributed by atoms with Crippen LogP contribution in [-0.2, 0) is 6.42 Å². The molecule has 2 aromatic rings. The Hall–Kier alpha value is -2.11. The molecular weight excluding hydrogens is 290 g/mol. The monoisotopic (exact) mass is 317 g/mol. The van der Waals surface area contributed by atoms with Gasteiger partial charge in [0, 0.05) is 11.8 Å². The van der Waals surface area contributed by atoms with E-state index in [0.717, 1.165) is 36.5 Å². The van der Waals surface area contributed by atoms with E-state index in [9.17, 15) is 0 Å². The van der Waals surface area contributed by atoms with E-state index in [-0.39, 0.29) is 6.10 Å². The minimum atomic E-state index is 0.169. The number of hydrogen-bond acceptors (Lipinski definition) is 5. The van der Waals surface area contributed by atoms with Gasteiger partial charge < -0.3 is 10.1 Å². The predicted molar refractivity (Wildman–Crippen MR) is 92.4 cm³/mol. The standard InChI is InChI=1S/C17H27N5O/c1-6-12(7-2)23-16-10-18-13(8-3)17(20-16)19-15-9-14(11(4)5)21-22-15/h9-12H,6-8H2,1-5H3,(H2,19,20,21,22). The Morgan fingerprint density at radius 3 is 2.52 bits per heavy atom. The van der Waals surface area contributed by atoms with E-state index < -0.39 is 0 Å². The number of H-pyrrole nitrogens is 1. The van der Waals surface area contributed by atoms with Crippen LogP contribution in [0.25, 0.3) is 0 Å². The molecule has 0 fully saturated rings. The fourth-order valence-electron chi connectivity index (χ4n) is 2.26. The molecule has 0 aromatic carbocycles. The van der Waals surface area contributed by atoms with Crippen LogP contribution in [0.5, 0.6) is 5.88 Å². The second-order valence-electron chi connectivity index (χ2n) is 5.90. The van der Waals surface area contributed by atoms with Crippen molar-refractivity contribution in [2.75, 3.05) is 5.32 Å². The Morgan fingerprint density at radius 2 is 1.96 bits per heavy atom. The highest BCUT2D eigenvalue weighted by atomic mass is 16.5. The van der Waals surface area contributed by atoms with Crippen LogP contribution in [0.2, 0.25) is 0 Å². The molecule has 0 saturated heterocycles. The van der Waals surface area contributed by atoms with Gasteiger partial charge in [0.15, 0.2) is 11.6 Å². The lowest BCUT2D eigenvalue weighted by molar-refractivity contribution is 0.184. The van der Waals surface area contributed by atoms with E-state index in [0.29, 0.717) is 17.6 Å². The van der Waals surface area contributed by atoms with Gasteiger partial charge in [-0.2, -0.15) is 10.1 Å². The van der Waals surface area contributed by atoms with Crippen LogP contribution in [0.3, 0.4) is 0 Å². The summed E-state index contributed by atoms with van der Waals surface area (Å²) >= 11 is 0. The molecule has 0 aliphatic rings. The number of hydrogen-bond donors (Lipinski definition) is 2. The molecule has 0 spiro atoms. The highest BCUT2D eigenvalue weighted by Crippen LogP contribution is 2.22. The van der Waals surface area contributed by atoms with Gasteiger partial charge in [-0.15, -0.1) is 0 Å². The van der Waals surface area contributed by atoms with Crippen LogP contribution in [-0.4, -0.2) is 26.3 Å². The average Bonchev–Trinajstić information content (AvgIpc) is 3.01. The number of nitrogens with zero attached hydrogens (tertiary/aromatic N) is 3. The fourth-order valence-corrected chi connectivity index (χ4v) is 2.26. The quantitative estimate of drug-likeness (QED) is 0.763. The van der Waals surface area contributed by atoms with Crippen LogP contribution in [0.15, 0.2) is 12.3 Å². The average molecular weight is 317 g/mol. The molecule has 0 aliphatic heterocycles. The first kappa shape index (κ1) is 17.2. The lowest BCUT2D eigenvalue weighted by atomic mass is 10.1. The molecule has 0 bridgehead atoms. The molecule has 126 valence electrons. The van der Waals surface area contributed by atoms with Crippen molar-refractivity contribution in [3.05, 3.63) is 23.7 Å². The molecule has 2 N–H and O–H groups in total. The highest BCUT2D eigenvalue weighted by molar-refractivity contribution is 5.55. The van der Waals surface area contributed by atoms with Gasteiger partial charge in [0.25, 0.3) is 0 Å². The highest BCUT2D eigenvalue weighted by Gasteiger charge is 2.12. The van der Waals surface area contributed by atoms with Crippen molar-refractivity contribution in [3.8, 4) is 5.88 Å². The van der Waals surface area contributed by atoms with E-state index in [1.54, 1.807) is 6.20 Å². The molecule has 0 aliphatic carbocycles. The minimum absolute atomic E-state index is 0.169. The van der Waals surface area contributed by atoms with Gasteiger partial charge in [-0.1, -0.05) is 34.6 Å². The topological polar surface area (TPSA) is 75.7 Å². The molecule has 0 unspecified atom stereocenters. The molecule has 23 heavy (non-hydrogen) atoms. The van der Waals surface area contributed by atoms with Crippen molar-refractivity contribution in [2.45, 2.75) is 65.9 Å². The summed E-state index contributed by atoms with van der Waals surface area (Å²) in [6.07, 6.45) is 4.57. The lowest BCUT2D eigenvalue weighted by Crippen LogP contribution is -2.15. The van der Waals surface area contributed by atoms with Crippen LogP contribution in [0.4, 0.5) is 11.6 Å². The number of aryl methyl sites for hydroxylation is 1.